The van der Waals surface area contributed by atoms with Gasteiger partial charge in [-0.25, -0.2) is 4.68 Å². The highest BCUT2D eigenvalue weighted by Gasteiger charge is 2.21. The molecule has 1 aromatic heterocycles. The molecule has 0 saturated carbocycles. The molecule has 17 heavy (non-hydrogen) atoms. The molecule has 0 fully saturated rings. The van der Waals surface area contributed by atoms with Crippen LogP contribution in [0.15, 0.2) is 35.1 Å². The van der Waals surface area contributed by atoms with Gasteiger partial charge in [-0.05, 0) is 28.1 Å². The zero-order valence-corrected chi connectivity index (χ0v) is 9.96. The number of para-hydroxylation sites is 1. The number of nitro groups is 1. The van der Waals surface area contributed by atoms with Gasteiger partial charge in [-0.1, -0.05) is 6.07 Å². The number of nitriles is 1. The van der Waals surface area contributed by atoms with Crippen molar-refractivity contribution in [2.24, 2.45) is 0 Å². The average Bonchev–Trinajstić information content (AvgIpc) is 2.74. The van der Waals surface area contributed by atoms with Crippen molar-refractivity contribution in [3.63, 3.8) is 0 Å². The van der Waals surface area contributed by atoms with E-state index in [0.717, 1.165) is 0 Å². The topological polar surface area (TPSA) is 84.8 Å². The van der Waals surface area contributed by atoms with Gasteiger partial charge in [0.25, 0.3) is 0 Å². The summed E-state index contributed by atoms with van der Waals surface area (Å²) in [5.41, 5.74) is 0.0319. The van der Waals surface area contributed by atoms with Crippen LogP contribution in [0.25, 0.3) is 5.69 Å². The molecule has 0 saturated heterocycles. The number of hydrogen-bond donors (Lipinski definition) is 0. The Hall–Kier alpha value is -2.20. The van der Waals surface area contributed by atoms with Crippen molar-refractivity contribution in [2.45, 2.75) is 0 Å². The monoisotopic (exact) mass is 292 g/mol. The molecule has 0 atom stereocenters. The molecular weight excluding hydrogens is 288 g/mol. The van der Waals surface area contributed by atoms with E-state index in [1.165, 1.54) is 16.9 Å². The van der Waals surface area contributed by atoms with E-state index in [1.807, 2.05) is 0 Å². The summed E-state index contributed by atoms with van der Waals surface area (Å²) in [5.74, 6) is 0. The van der Waals surface area contributed by atoms with Crippen molar-refractivity contribution in [1.29, 1.82) is 5.26 Å². The maximum atomic E-state index is 11.0. The van der Waals surface area contributed by atoms with E-state index >= 15 is 0 Å². The third kappa shape index (κ3) is 2.03. The maximum Gasteiger partial charge on any atom is 0.312 e. The van der Waals surface area contributed by atoms with Crippen LogP contribution >= 0.6 is 15.9 Å². The second-order valence-corrected chi connectivity index (χ2v) is 4.06. The number of nitro benzene ring substituents is 1. The molecule has 84 valence electrons. The maximum absolute atomic E-state index is 11.0. The van der Waals surface area contributed by atoms with Crippen LogP contribution in [0, 0.1) is 21.4 Å². The Morgan fingerprint density at radius 3 is 2.82 bits per heavy atom. The first kappa shape index (κ1) is 11.3. The van der Waals surface area contributed by atoms with E-state index in [0.29, 0.717) is 4.47 Å². The highest BCUT2D eigenvalue weighted by Crippen LogP contribution is 2.26. The van der Waals surface area contributed by atoms with Crippen LogP contribution in [0.3, 0.4) is 0 Å². The van der Waals surface area contributed by atoms with Crippen LogP contribution in [-0.4, -0.2) is 14.7 Å². The minimum absolute atomic E-state index is 0.0131. The van der Waals surface area contributed by atoms with Crippen LogP contribution in [0.1, 0.15) is 5.56 Å². The van der Waals surface area contributed by atoms with Gasteiger partial charge >= 0.3 is 5.69 Å². The lowest BCUT2D eigenvalue weighted by atomic mass is 10.1. The van der Waals surface area contributed by atoms with Gasteiger partial charge in [0, 0.05) is 6.20 Å². The highest BCUT2D eigenvalue weighted by atomic mass is 79.9. The predicted molar refractivity (Wildman–Crippen MR) is 62.6 cm³/mol. The fourth-order valence-corrected chi connectivity index (χ4v) is 1.72. The van der Waals surface area contributed by atoms with Gasteiger partial charge in [0.2, 0.25) is 0 Å². The second kappa shape index (κ2) is 4.35. The van der Waals surface area contributed by atoms with E-state index in [2.05, 4.69) is 21.0 Å². The lowest BCUT2D eigenvalue weighted by Crippen LogP contribution is -2.02. The second-order valence-electron chi connectivity index (χ2n) is 3.15. The Labute approximate surface area is 104 Å². The third-order valence-corrected chi connectivity index (χ3v) is 2.53. The smallest absolute Gasteiger partial charge is 0.258 e. The van der Waals surface area contributed by atoms with Crippen LogP contribution in [-0.2, 0) is 0 Å². The highest BCUT2D eigenvalue weighted by molar-refractivity contribution is 9.10. The van der Waals surface area contributed by atoms with Crippen LogP contribution < -0.4 is 0 Å². The lowest BCUT2D eigenvalue weighted by molar-refractivity contribution is -0.384. The van der Waals surface area contributed by atoms with Crippen molar-refractivity contribution >= 4 is 21.6 Å². The summed E-state index contributed by atoms with van der Waals surface area (Å²) in [5, 5.41) is 23.8. The number of benzene rings is 1. The van der Waals surface area contributed by atoms with Crippen molar-refractivity contribution < 1.29 is 4.92 Å². The van der Waals surface area contributed by atoms with Crippen molar-refractivity contribution in [2.75, 3.05) is 0 Å². The summed E-state index contributed by atoms with van der Waals surface area (Å²) in [7, 11) is 0. The summed E-state index contributed by atoms with van der Waals surface area (Å²) >= 11 is 3.21. The van der Waals surface area contributed by atoms with E-state index in [-0.39, 0.29) is 16.9 Å². The lowest BCUT2D eigenvalue weighted by Gasteiger charge is -2.03. The van der Waals surface area contributed by atoms with Gasteiger partial charge in [-0.2, -0.15) is 10.4 Å². The van der Waals surface area contributed by atoms with Gasteiger partial charge in [-0.3, -0.25) is 10.1 Å². The zero-order valence-electron chi connectivity index (χ0n) is 8.37. The van der Waals surface area contributed by atoms with E-state index in [9.17, 15) is 10.1 Å². The summed E-state index contributed by atoms with van der Waals surface area (Å²) < 4.78 is 2.05. The average molecular weight is 293 g/mol. The standard InChI is InChI=1S/C10H5BrN4O2/c11-8-5-13-14(6-8)9-3-1-2-7(4-12)10(9)15(16)17/h1-3,5-6H. The van der Waals surface area contributed by atoms with Crippen molar-refractivity contribution in [3.8, 4) is 11.8 Å². The summed E-state index contributed by atoms with van der Waals surface area (Å²) in [6.07, 6.45) is 3.10. The molecule has 0 radical (unpaired) electrons. The molecule has 0 spiro atoms. The fourth-order valence-electron chi connectivity index (χ4n) is 1.43. The first-order chi connectivity index (χ1) is 8.13. The molecule has 0 bridgehead atoms. The van der Waals surface area contributed by atoms with E-state index in [4.69, 9.17) is 5.26 Å². The zero-order chi connectivity index (χ0) is 12.4. The molecule has 0 aliphatic heterocycles. The normalized spacial score (nSPS) is 9.88. The molecule has 6 nitrogen and oxygen atoms in total. The van der Waals surface area contributed by atoms with Crippen LogP contribution in [0.4, 0.5) is 5.69 Å². The van der Waals surface area contributed by atoms with Crippen molar-refractivity contribution in [3.05, 3.63) is 50.7 Å². The Balaban J connectivity index is 2.70. The quantitative estimate of drug-likeness (QED) is 0.628. The Morgan fingerprint density at radius 2 is 2.29 bits per heavy atom. The molecule has 1 aromatic carbocycles. The number of nitrogens with zero attached hydrogens (tertiary/aromatic N) is 4. The Bertz CT molecular complexity index is 629. The molecule has 0 amide bonds. The molecule has 1 heterocycles. The van der Waals surface area contributed by atoms with Gasteiger partial charge in [0.15, 0.2) is 0 Å². The number of aromatic nitrogens is 2. The van der Waals surface area contributed by atoms with Crippen LogP contribution in [0.5, 0.6) is 0 Å². The Kier molecular flexibility index (Phi) is 2.89. The number of rotatable bonds is 2. The Morgan fingerprint density at radius 1 is 1.53 bits per heavy atom. The largest absolute Gasteiger partial charge is 0.312 e. The van der Waals surface area contributed by atoms with E-state index in [1.54, 1.807) is 24.4 Å². The van der Waals surface area contributed by atoms with Gasteiger partial charge in [0.05, 0.1) is 15.6 Å². The van der Waals surface area contributed by atoms with Gasteiger partial charge in [-0.15, -0.1) is 0 Å². The molecule has 7 heteroatoms. The number of hydrogen-bond acceptors (Lipinski definition) is 4. The van der Waals surface area contributed by atoms with Gasteiger partial charge in [0.1, 0.15) is 17.3 Å². The molecule has 0 aliphatic rings. The minimum Gasteiger partial charge on any atom is -0.258 e. The van der Waals surface area contributed by atoms with Crippen LogP contribution in [0.2, 0.25) is 0 Å². The van der Waals surface area contributed by atoms with E-state index < -0.39 is 4.92 Å². The summed E-state index contributed by atoms with van der Waals surface area (Å²) in [4.78, 5) is 10.4. The molecule has 0 N–H and O–H groups in total. The summed E-state index contributed by atoms with van der Waals surface area (Å²) in [6.45, 7) is 0. The molecule has 0 unspecified atom stereocenters. The molecule has 2 aromatic rings. The van der Waals surface area contributed by atoms with Crippen molar-refractivity contribution in [1.82, 2.24) is 9.78 Å². The SMILES string of the molecule is N#Cc1cccc(-n2cc(Br)cn2)c1[N+](=O)[O-]. The summed E-state index contributed by atoms with van der Waals surface area (Å²) in [6, 6.07) is 6.32. The first-order valence-electron chi connectivity index (χ1n) is 4.51. The number of halogens is 1. The first-order valence-corrected chi connectivity index (χ1v) is 5.31. The minimum atomic E-state index is -0.580. The molecule has 2 rings (SSSR count). The fraction of sp³-hybridized carbons (Fsp3) is 0. The molecule has 0 aliphatic carbocycles. The molecular formula is C10H5BrN4O2. The third-order valence-electron chi connectivity index (χ3n) is 2.12. The van der Waals surface area contributed by atoms with Gasteiger partial charge < -0.3 is 0 Å². The predicted octanol–water partition coefficient (Wildman–Crippen LogP) is 2.41.